The van der Waals surface area contributed by atoms with Gasteiger partial charge in [-0.15, -0.1) is 0 Å². The molecule has 0 aromatic heterocycles. The Morgan fingerprint density at radius 2 is 1.74 bits per heavy atom. The molecule has 0 bridgehead atoms. The molecule has 2 aromatic rings. The van der Waals surface area contributed by atoms with Crippen LogP contribution in [-0.4, -0.2) is 36.3 Å². The summed E-state index contributed by atoms with van der Waals surface area (Å²) < 4.78 is 26.5. The molecular formula is C18H19N3O5S. The van der Waals surface area contributed by atoms with Crippen molar-refractivity contribution in [3.8, 4) is 0 Å². The fourth-order valence-corrected chi connectivity index (χ4v) is 3.36. The van der Waals surface area contributed by atoms with Crippen molar-refractivity contribution in [3.63, 3.8) is 0 Å². The quantitative estimate of drug-likeness (QED) is 0.392. The van der Waals surface area contributed by atoms with E-state index in [-0.39, 0.29) is 29.3 Å². The number of sulfonamides is 1. The largest absolute Gasteiger partial charge is 0.300 e. The minimum Gasteiger partial charge on any atom is -0.300 e. The molecule has 0 aliphatic rings. The fourth-order valence-electron chi connectivity index (χ4n) is 2.14. The van der Waals surface area contributed by atoms with Gasteiger partial charge in [0.25, 0.3) is 15.7 Å². The number of hydrogen-bond donors (Lipinski definition) is 0. The summed E-state index contributed by atoms with van der Waals surface area (Å²) in [5.41, 5.74) is 1.33. The molecule has 0 spiro atoms. The lowest BCUT2D eigenvalue weighted by molar-refractivity contribution is -0.384. The zero-order valence-corrected chi connectivity index (χ0v) is 15.7. The van der Waals surface area contributed by atoms with E-state index in [2.05, 4.69) is 5.10 Å². The van der Waals surface area contributed by atoms with E-state index in [0.29, 0.717) is 5.56 Å². The Balaban J connectivity index is 2.31. The van der Waals surface area contributed by atoms with Crippen molar-refractivity contribution in [1.29, 1.82) is 0 Å². The summed E-state index contributed by atoms with van der Waals surface area (Å²) in [4.78, 5) is 21.5. The van der Waals surface area contributed by atoms with Crippen molar-refractivity contribution in [2.45, 2.75) is 25.2 Å². The molecular weight excluding hydrogens is 370 g/mol. The van der Waals surface area contributed by atoms with E-state index in [1.807, 2.05) is 6.92 Å². The first kappa shape index (κ1) is 20.2. The topological polar surface area (TPSA) is 110 Å². The number of non-ortho nitro benzene ring substituents is 1. The Bertz CT molecular complexity index is 951. The highest BCUT2D eigenvalue weighted by Crippen LogP contribution is 2.18. The summed E-state index contributed by atoms with van der Waals surface area (Å²) in [5.74, 6) is -0.162. The Kier molecular flexibility index (Phi) is 6.40. The number of carbonyl (C=O) groups is 1. The fraction of sp³-hybridized carbons (Fsp3) is 0.222. The Labute approximate surface area is 157 Å². The second-order valence-electron chi connectivity index (χ2n) is 5.91. The first-order chi connectivity index (χ1) is 12.7. The Morgan fingerprint density at radius 3 is 2.26 bits per heavy atom. The highest BCUT2D eigenvalue weighted by molar-refractivity contribution is 7.89. The van der Waals surface area contributed by atoms with Crippen LogP contribution in [-0.2, 0) is 14.8 Å². The number of ketones is 1. The highest BCUT2D eigenvalue weighted by Gasteiger charge is 2.23. The zero-order chi connectivity index (χ0) is 20.0. The molecule has 2 aromatic carbocycles. The van der Waals surface area contributed by atoms with Crippen LogP contribution in [0, 0.1) is 17.0 Å². The van der Waals surface area contributed by atoms with Crippen molar-refractivity contribution in [1.82, 2.24) is 4.41 Å². The van der Waals surface area contributed by atoms with Crippen molar-refractivity contribution < 1.29 is 18.1 Å². The monoisotopic (exact) mass is 389 g/mol. The summed E-state index contributed by atoms with van der Waals surface area (Å²) in [6.07, 6.45) is 1.30. The second kappa shape index (κ2) is 8.54. The van der Waals surface area contributed by atoms with E-state index in [1.54, 1.807) is 12.1 Å². The minimum absolute atomic E-state index is 0.0166. The van der Waals surface area contributed by atoms with Crippen LogP contribution in [0.4, 0.5) is 5.69 Å². The summed E-state index contributed by atoms with van der Waals surface area (Å²) in [6.45, 7) is 3.11. The summed E-state index contributed by atoms with van der Waals surface area (Å²) in [6, 6.07) is 11.8. The highest BCUT2D eigenvalue weighted by atomic mass is 32.2. The predicted molar refractivity (Wildman–Crippen MR) is 101 cm³/mol. The van der Waals surface area contributed by atoms with Crippen LogP contribution in [0.5, 0.6) is 0 Å². The summed E-state index contributed by atoms with van der Waals surface area (Å²) in [7, 11) is -3.93. The van der Waals surface area contributed by atoms with Crippen LogP contribution in [0.1, 0.15) is 24.5 Å². The molecule has 0 aliphatic carbocycles. The Morgan fingerprint density at radius 1 is 1.15 bits per heavy atom. The SMILES string of the molecule is CC(=O)CCN(/N=C\c1ccc([N+](=O)[O-])cc1)S(=O)(=O)c1ccc(C)cc1. The molecule has 0 aliphatic heterocycles. The third-order valence-electron chi connectivity index (χ3n) is 3.69. The number of benzene rings is 2. The van der Waals surface area contributed by atoms with Gasteiger partial charge in [-0.05, 0) is 43.7 Å². The number of nitro groups is 1. The smallest absolute Gasteiger partial charge is 0.279 e. The molecule has 0 fully saturated rings. The number of Topliss-reactive ketones (excluding diaryl/α,β-unsaturated/α-hetero) is 1. The van der Waals surface area contributed by atoms with E-state index in [4.69, 9.17) is 0 Å². The predicted octanol–water partition coefficient (Wildman–Crippen LogP) is 2.91. The molecule has 9 heteroatoms. The van der Waals surface area contributed by atoms with Crippen molar-refractivity contribution >= 4 is 27.7 Å². The van der Waals surface area contributed by atoms with E-state index in [1.165, 1.54) is 49.5 Å². The van der Waals surface area contributed by atoms with Crippen molar-refractivity contribution in [2.75, 3.05) is 6.54 Å². The molecule has 0 N–H and O–H groups in total. The van der Waals surface area contributed by atoms with Gasteiger partial charge in [-0.3, -0.25) is 14.9 Å². The number of carbonyl (C=O) groups excluding carboxylic acids is 1. The molecule has 0 amide bonds. The van der Waals surface area contributed by atoms with Gasteiger partial charge in [0.2, 0.25) is 0 Å². The molecule has 0 saturated carbocycles. The molecule has 0 heterocycles. The number of hydrazone groups is 1. The van der Waals surface area contributed by atoms with Gasteiger partial charge in [-0.25, -0.2) is 0 Å². The first-order valence-electron chi connectivity index (χ1n) is 8.07. The maximum absolute atomic E-state index is 12.8. The van der Waals surface area contributed by atoms with E-state index in [9.17, 15) is 23.3 Å². The third kappa shape index (κ3) is 5.45. The molecule has 8 nitrogen and oxygen atoms in total. The number of nitrogens with zero attached hydrogens (tertiary/aromatic N) is 3. The molecule has 142 valence electrons. The normalized spacial score (nSPS) is 11.5. The van der Waals surface area contributed by atoms with Gasteiger partial charge < -0.3 is 0 Å². The summed E-state index contributed by atoms with van der Waals surface area (Å²) >= 11 is 0. The molecule has 0 radical (unpaired) electrons. The van der Waals surface area contributed by atoms with Gasteiger partial charge in [0, 0.05) is 18.6 Å². The van der Waals surface area contributed by atoms with Crippen LogP contribution in [0.25, 0.3) is 0 Å². The van der Waals surface area contributed by atoms with Crippen molar-refractivity contribution in [2.24, 2.45) is 5.10 Å². The molecule has 0 saturated heterocycles. The van der Waals surface area contributed by atoms with Crippen LogP contribution in [0.15, 0.2) is 58.5 Å². The van der Waals surface area contributed by atoms with Crippen LogP contribution >= 0.6 is 0 Å². The van der Waals surface area contributed by atoms with E-state index < -0.39 is 14.9 Å². The number of aryl methyl sites for hydroxylation is 1. The van der Waals surface area contributed by atoms with Gasteiger partial charge in [0.05, 0.1) is 22.6 Å². The van der Waals surface area contributed by atoms with Gasteiger partial charge >= 0.3 is 0 Å². The van der Waals surface area contributed by atoms with Crippen LogP contribution < -0.4 is 0 Å². The average molecular weight is 389 g/mol. The molecule has 2 rings (SSSR count). The minimum atomic E-state index is -3.93. The zero-order valence-electron chi connectivity index (χ0n) is 14.9. The number of rotatable bonds is 8. The van der Waals surface area contributed by atoms with Gasteiger partial charge in [0.1, 0.15) is 5.78 Å². The first-order valence-corrected chi connectivity index (χ1v) is 9.51. The Hall–Kier alpha value is -3.07. The summed E-state index contributed by atoms with van der Waals surface area (Å²) in [5, 5.41) is 14.7. The molecule has 27 heavy (non-hydrogen) atoms. The lowest BCUT2D eigenvalue weighted by atomic mass is 10.2. The maximum atomic E-state index is 12.8. The van der Waals surface area contributed by atoms with E-state index >= 15 is 0 Å². The molecule has 0 atom stereocenters. The van der Waals surface area contributed by atoms with Crippen LogP contribution in [0.3, 0.4) is 0 Å². The molecule has 0 unspecified atom stereocenters. The van der Waals surface area contributed by atoms with Crippen LogP contribution in [0.2, 0.25) is 0 Å². The average Bonchev–Trinajstić information content (AvgIpc) is 2.62. The second-order valence-corrected chi connectivity index (χ2v) is 7.75. The van der Waals surface area contributed by atoms with Gasteiger partial charge in [0.15, 0.2) is 0 Å². The lowest BCUT2D eigenvalue weighted by Gasteiger charge is -2.18. The van der Waals surface area contributed by atoms with E-state index in [0.717, 1.165) is 9.98 Å². The standard InChI is InChI=1S/C18H19N3O5S/c1-14-3-9-18(10-4-14)27(25,26)20(12-11-15(2)22)19-13-16-5-7-17(8-6-16)21(23)24/h3-10,13H,11-12H2,1-2H3/b19-13-. The number of nitro benzene ring substituents is 1. The van der Waals surface area contributed by atoms with Gasteiger partial charge in [-0.1, -0.05) is 17.7 Å². The lowest BCUT2D eigenvalue weighted by Crippen LogP contribution is -2.28. The third-order valence-corrected chi connectivity index (χ3v) is 5.39. The van der Waals surface area contributed by atoms with Gasteiger partial charge in [-0.2, -0.15) is 17.9 Å². The maximum Gasteiger partial charge on any atom is 0.279 e. The van der Waals surface area contributed by atoms with Crippen molar-refractivity contribution in [3.05, 3.63) is 69.8 Å². The number of hydrogen-bond acceptors (Lipinski definition) is 6.